The van der Waals surface area contributed by atoms with Gasteiger partial charge in [0.25, 0.3) is 0 Å². The number of rotatable bonds is 11. The van der Waals surface area contributed by atoms with Crippen molar-refractivity contribution in [2.75, 3.05) is 10.2 Å². The molecule has 0 bridgehead atoms. The van der Waals surface area contributed by atoms with E-state index in [9.17, 15) is 21.6 Å². The van der Waals surface area contributed by atoms with E-state index in [0.717, 1.165) is 61.2 Å². The fourth-order valence-corrected chi connectivity index (χ4v) is 18.8. The number of alkyl halides is 3. The van der Waals surface area contributed by atoms with E-state index >= 15 is 0 Å². The Labute approximate surface area is 701 Å². The van der Waals surface area contributed by atoms with Gasteiger partial charge >= 0.3 is 15.6 Å². The van der Waals surface area contributed by atoms with Crippen LogP contribution in [0.5, 0.6) is 5.75 Å². The van der Waals surface area contributed by atoms with Crippen LogP contribution in [0.3, 0.4) is 0 Å². The van der Waals surface area contributed by atoms with Gasteiger partial charge in [0.15, 0.2) is 0 Å². The van der Waals surface area contributed by atoms with Gasteiger partial charge in [-0.25, -0.2) is 0 Å². The van der Waals surface area contributed by atoms with Crippen LogP contribution in [0.1, 0.15) is 0 Å². The van der Waals surface area contributed by atoms with Crippen LogP contribution in [0.15, 0.2) is 425 Å². The Bertz CT molecular complexity index is 8320. The molecule has 0 atom stereocenters. The minimum absolute atomic E-state index is 0.393. The molecule has 1 N–H and O–H groups in total. The molecule has 0 aliphatic rings. The lowest BCUT2D eigenvalue weighted by atomic mass is 9.89. The van der Waals surface area contributed by atoms with Gasteiger partial charge in [-0.2, -0.15) is 21.6 Å². The van der Waals surface area contributed by atoms with Crippen LogP contribution in [0.2, 0.25) is 0 Å². The smallest absolute Gasteiger partial charge is 0.376 e. The van der Waals surface area contributed by atoms with Crippen molar-refractivity contribution < 1.29 is 25.8 Å². The second kappa shape index (κ2) is 29.6. The molecule has 24 rings (SSSR count). The highest BCUT2D eigenvalue weighted by atomic mass is 32.2. The monoisotopic (exact) mass is 1590 g/mol. The number of fused-ring (bicyclic) bond motifs is 10. The largest absolute Gasteiger partial charge is 0.534 e. The zero-order chi connectivity index (χ0) is 81.7. The lowest BCUT2D eigenvalue weighted by molar-refractivity contribution is -0.0500. The average molecular weight is 1590 g/mol. The molecular formula is C113H71F3N2O3S. The molecule has 0 radical (unpaired) electrons. The predicted molar refractivity (Wildman–Crippen MR) is 509 cm³/mol. The quantitative estimate of drug-likeness (QED) is 0.0605. The average Bonchev–Trinajstić information content (AvgIpc) is 0.717. The third kappa shape index (κ3) is 13.1. The summed E-state index contributed by atoms with van der Waals surface area (Å²) in [6.07, 6.45) is 0. The summed E-state index contributed by atoms with van der Waals surface area (Å²) in [5.41, 5.74) is 9.31. The zero-order valence-corrected chi connectivity index (χ0v) is 66.4. The molecule has 9 heteroatoms. The van der Waals surface area contributed by atoms with Crippen LogP contribution in [0.4, 0.5) is 41.6 Å². The van der Waals surface area contributed by atoms with Crippen molar-refractivity contribution >= 4 is 189 Å². The number of benzene rings is 24. The molecule has 24 aromatic rings. The van der Waals surface area contributed by atoms with Crippen LogP contribution in [-0.4, -0.2) is 13.9 Å². The van der Waals surface area contributed by atoms with Crippen molar-refractivity contribution in [2.24, 2.45) is 0 Å². The van der Waals surface area contributed by atoms with Gasteiger partial charge < -0.3 is 14.4 Å². The minimum Gasteiger partial charge on any atom is -0.376 e. The Kier molecular flexibility index (Phi) is 17.7. The first kappa shape index (κ1) is 73.0. The van der Waals surface area contributed by atoms with Gasteiger partial charge in [0, 0.05) is 33.5 Å². The molecule has 0 saturated carbocycles. The van der Waals surface area contributed by atoms with Crippen LogP contribution >= 0.6 is 0 Å². The van der Waals surface area contributed by atoms with Crippen molar-refractivity contribution in [3.63, 3.8) is 0 Å². The maximum absolute atomic E-state index is 12.6. The van der Waals surface area contributed by atoms with Gasteiger partial charge in [0.2, 0.25) is 0 Å². The highest BCUT2D eigenvalue weighted by Gasteiger charge is 2.48. The number of hydrogen-bond acceptors (Lipinski definition) is 5. The molecule has 0 spiro atoms. The maximum Gasteiger partial charge on any atom is 0.534 e. The van der Waals surface area contributed by atoms with Gasteiger partial charge in [-0.3, -0.25) is 0 Å². The molecule has 0 fully saturated rings. The molecule has 0 aliphatic heterocycles. The number of hydrogen-bond donors (Lipinski definition) is 1. The van der Waals surface area contributed by atoms with Crippen LogP contribution in [0.25, 0.3) is 195 Å². The molecule has 0 aromatic heterocycles. The van der Waals surface area contributed by atoms with Crippen molar-refractivity contribution in [2.45, 2.75) is 5.51 Å². The van der Waals surface area contributed by atoms with Crippen molar-refractivity contribution in [1.82, 2.24) is 0 Å². The Morgan fingerprint density at radius 2 is 0.533 bits per heavy atom. The number of halogens is 3. The second-order valence-corrected chi connectivity index (χ2v) is 33.0. The van der Waals surface area contributed by atoms with E-state index in [-0.39, 0.29) is 0 Å². The lowest BCUT2D eigenvalue weighted by Gasteiger charge is -2.28. The van der Waals surface area contributed by atoms with E-state index in [1.807, 2.05) is 36.4 Å². The Hall–Kier alpha value is -15.4. The summed E-state index contributed by atoms with van der Waals surface area (Å²) in [6.45, 7) is 0. The van der Waals surface area contributed by atoms with Crippen molar-refractivity contribution in [3.8, 4) is 50.3 Å². The predicted octanol–water partition coefficient (Wildman–Crippen LogP) is 32.2. The summed E-state index contributed by atoms with van der Waals surface area (Å²) in [5.74, 6) is -0.393. The van der Waals surface area contributed by atoms with Gasteiger partial charge in [-0.05, 0) is 294 Å². The molecular weight excluding hydrogens is 1520 g/mol. The molecule has 0 aliphatic carbocycles. The standard InChI is InChI=1S/C56H35N.C31H19F3O3S.C26H17N/c1-2-13-47(14-3-1)57(54-30-29-52-50-16-7-12-37-11-6-15-49(55(37)50)51-17-8-18-53(54)56(51)52)48-28-27-45-34-44(25-26-46(45)35-48)43-24-23-41-32-40(21-22-42(41)33-43)39-20-19-36-9-4-5-10-38(36)31-39;32-31(33,34)38(35,36)37-30-14-13-28-18-27(11-12-29(28)19-30)26-10-9-24-16-23(7-8-25(24)17-26)22-6-5-20-3-1-2-4-21(20)15-22;1-2-9-18(10-3-1)27-24-16-15-22-20-12-5-8-17-7-4-11-19(25(17)20)21-13-6-14-23(24)26(21)22/h1-35H;1-19H;1-16,27H. The van der Waals surface area contributed by atoms with Gasteiger partial charge in [-0.15, -0.1) is 0 Å². The number of para-hydroxylation sites is 2. The third-order valence-electron chi connectivity index (χ3n) is 24.2. The molecule has 122 heavy (non-hydrogen) atoms. The zero-order valence-electron chi connectivity index (χ0n) is 65.6. The summed E-state index contributed by atoms with van der Waals surface area (Å²) < 4.78 is 64.8. The Balaban J connectivity index is 0.000000118. The minimum atomic E-state index is -5.72. The van der Waals surface area contributed by atoms with Crippen LogP contribution in [-0.2, 0) is 10.1 Å². The van der Waals surface area contributed by atoms with Gasteiger partial charge in [-0.1, -0.05) is 315 Å². The normalized spacial score (nSPS) is 12.0. The topological polar surface area (TPSA) is 58.6 Å². The summed E-state index contributed by atoms with van der Waals surface area (Å²) in [4.78, 5) is 2.42. The summed E-state index contributed by atoms with van der Waals surface area (Å²) in [6, 6.07) is 150. The second-order valence-electron chi connectivity index (χ2n) is 31.5. The SMILES string of the molecule is O=S(=O)(Oc1ccc2cc(-c3ccc4cc(-c5ccc6ccccc6c5)ccc4c3)ccc2c1)C(F)(F)F.c1ccc(N(c2ccc3cc(-c4ccc5cc(-c6ccc7ccccc7c6)ccc5c4)ccc3c2)c2ccc3c4cccc5cccc(c6cccc2c63)c54)cc1.c1ccc(Nc2ccc3c4cccc5cccc(c6cccc2c63)c54)cc1. The number of anilines is 5. The lowest BCUT2D eigenvalue weighted by Crippen LogP contribution is -2.28. The van der Waals surface area contributed by atoms with E-state index < -0.39 is 21.4 Å². The Morgan fingerprint density at radius 3 is 0.967 bits per heavy atom. The molecule has 0 amide bonds. The third-order valence-corrected chi connectivity index (χ3v) is 25.2. The molecule has 0 heterocycles. The Morgan fingerprint density at radius 1 is 0.230 bits per heavy atom. The summed E-state index contributed by atoms with van der Waals surface area (Å²) >= 11 is 0. The summed E-state index contributed by atoms with van der Waals surface area (Å²) in [5, 5.41) is 37.9. The summed E-state index contributed by atoms with van der Waals surface area (Å²) in [7, 11) is -5.72. The maximum atomic E-state index is 12.6. The van der Waals surface area contributed by atoms with Crippen LogP contribution in [0, 0.1) is 0 Å². The van der Waals surface area contributed by atoms with E-state index in [1.54, 1.807) is 6.07 Å². The molecule has 0 saturated heterocycles. The molecule has 24 aromatic carbocycles. The van der Waals surface area contributed by atoms with E-state index in [0.29, 0.717) is 5.39 Å². The van der Waals surface area contributed by atoms with E-state index in [1.165, 1.54) is 175 Å². The highest BCUT2D eigenvalue weighted by Crippen LogP contribution is 2.49. The van der Waals surface area contributed by atoms with Crippen LogP contribution < -0.4 is 14.4 Å². The number of nitrogens with one attached hydrogen (secondary N) is 1. The first-order chi connectivity index (χ1) is 59.8. The fraction of sp³-hybridized carbons (Fsp3) is 0.00885. The van der Waals surface area contributed by atoms with E-state index in [2.05, 4.69) is 378 Å². The van der Waals surface area contributed by atoms with E-state index in [4.69, 9.17) is 0 Å². The molecule has 5 nitrogen and oxygen atoms in total. The van der Waals surface area contributed by atoms with Crippen molar-refractivity contribution in [1.29, 1.82) is 0 Å². The highest BCUT2D eigenvalue weighted by molar-refractivity contribution is 7.88. The fourth-order valence-electron chi connectivity index (χ4n) is 18.4. The molecule has 578 valence electrons. The van der Waals surface area contributed by atoms with Gasteiger partial charge in [0.05, 0.1) is 5.69 Å². The molecule has 0 unspecified atom stereocenters. The van der Waals surface area contributed by atoms with Gasteiger partial charge in [0.1, 0.15) is 5.75 Å². The number of nitrogens with zero attached hydrogens (tertiary/aromatic N) is 1. The first-order valence-electron chi connectivity index (χ1n) is 40.8. The van der Waals surface area contributed by atoms with Crippen molar-refractivity contribution in [3.05, 3.63) is 425 Å². The first-order valence-corrected chi connectivity index (χ1v) is 42.2.